The molecule has 0 aliphatic carbocycles. The predicted molar refractivity (Wildman–Crippen MR) is 72.6 cm³/mol. The maximum atomic E-state index is 11.3. The SMILES string of the molecule is CCOC(=O)CSc1nncc(-c2ccccc2)n1. The van der Waals surface area contributed by atoms with Gasteiger partial charge in [-0.1, -0.05) is 42.1 Å². The van der Waals surface area contributed by atoms with Crippen LogP contribution in [0.15, 0.2) is 41.7 Å². The minimum Gasteiger partial charge on any atom is -0.465 e. The predicted octanol–water partition coefficient (Wildman–Crippen LogP) is 2.19. The molecule has 0 aliphatic heterocycles. The number of benzene rings is 1. The Hall–Kier alpha value is -1.95. The summed E-state index contributed by atoms with van der Waals surface area (Å²) in [5.74, 6) is -0.0884. The molecule has 0 N–H and O–H groups in total. The zero-order chi connectivity index (χ0) is 13.5. The number of carbonyl (C=O) groups is 1. The quantitative estimate of drug-likeness (QED) is 0.615. The van der Waals surface area contributed by atoms with Crippen molar-refractivity contribution in [2.45, 2.75) is 12.1 Å². The first kappa shape index (κ1) is 13.5. The van der Waals surface area contributed by atoms with Crippen molar-refractivity contribution >= 4 is 17.7 Å². The first-order valence-corrected chi connectivity index (χ1v) is 6.81. The van der Waals surface area contributed by atoms with Gasteiger partial charge in [-0.05, 0) is 6.92 Å². The molecule has 1 heterocycles. The van der Waals surface area contributed by atoms with Gasteiger partial charge in [0.25, 0.3) is 0 Å². The van der Waals surface area contributed by atoms with E-state index in [2.05, 4.69) is 15.2 Å². The van der Waals surface area contributed by atoms with Crippen molar-refractivity contribution in [2.75, 3.05) is 12.4 Å². The smallest absolute Gasteiger partial charge is 0.316 e. The van der Waals surface area contributed by atoms with Crippen LogP contribution in [0.3, 0.4) is 0 Å². The lowest BCUT2D eigenvalue weighted by molar-refractivity contribution is -0.139. The van der Waals surface area contributed by atoms with Crippen LogP contribution in [0, 0.1) is 0 Å². The average molecular weight is 275 g/mol. The molecule has 1 aromatic carbocycles. The van der Waals surface area contributed by atoms with Crippen molar-refractivity contribution in [2.24, 2.45) is 0 Å². The van der Waals surface area contributed by atoms with Crippen LogP contribution in [0.25, 0.3) is 11.3 Å². The zero-order valence-corrected chi connectivity index (χ0v) is 11.3. The van der Waals surface area contributed by atoms with E-state index < -0.39 is 0 Å². The minimum atomic E-state index is -0.277. The Morgan fingerprint density at radius 2 is 2.11 bits per heavy atom. The summed E-state index contributed by atoms with van der Waals surface area (Å²) in [6.07, 6.45) is 1.60. The second-order valence-electron chi connectivity index (χ2n) is 3.58. The summed E-state index contributed by atoms with van der Waals surface area (Å²) >= 11 is 1.22. The molecule has 0 spiro atoms. The second-order valence-corrected chi connectivity index (χ2v) is 4.53. The summed E-state index contributed by atoms with van der Waals surface area (Å²) in [5, 5.41) is 8.26. The van der Waals surface area contributed by atoms with Gasteiger partial charge in [-0.3, -0.25) is 4.79 Å². The standard InChI is InChI=1S/C13H13N3O2S/c1-2-18-12(17)9-19-13-15-11(8-14-16-13)10-6-4-3-5-7-10/h3-8H,2,9H2,1H3. The minimum absolute atomic E-state index is 0.188. The molecule has 2 rings (SSSR count). The van der Waals surface area contributed by atoms with Gasteiger partial charge in [0.1, 0.15) is 0 Å². The summed E-state index contributed by atoms with van der Waals surface area (Å²) in [4.78, 5) is 15.6. The number of thioether (sulfide) groups is 1. The lowest BCUT2D eigenvalue weighted by Crippen LogP contribution is -2.07. The van der Waals surface area contributed by atoms with Crippen molar-refractivity contribution in [1.29, 1.82) is 0 Å². The molecule has 0 fully saturated rings. The average Bonchev–Trinajstić information content (AvgIpc) is 2.47. The van der Waals surface area contributed by atoms with Crippen molar-refractivity contribution in [3.8, 4) is 11.3 Å². The van der Waals surface area contributed by atoms with Gasteiger partial charge < -0.3 is 4.74 Å². The van der Waals surface area contributed by atoms with Crippen LogP contribution < -0.4 is 0 Å². The fourth-order valence-electron chi connectivity index (χ4n) is 1.42. The third-order valence-corrected chi connectivity index (χ3v) is 3.04. The highest BCUT2D eigenvalue weighted by molar-refractivity contribution is 7.99. The highest BCUT2D eigenvalue weighted by Gasteiger charge is 2.07. The molecule has 0 saturated heterocycles. The molecule has 0 unspecified atom stereocenters. The van der Waals surface area contributed by atoms with Crippen molar-refractivity contribution in [3.63, 3.8) is 0 Å². The molecule has 0 saturated carbocycles. The zero-order valence-electron chi connectivity index (χ0n) is 10.4. The second kappa shape index (κ2) is 6.84. The number of esters is 1. The lowest BCUT2D eigenvalue weighted by Gasteiger charge is -2.02. The van der Waals surface area contributed by atoms with Gasteiger partial charge in [0.15, 0.2) is 0 Å². The fraction of sp³-hybridized carbons (Fsp3) is 0.231. The van der Waals surface area contributed by atoms with E-state index in [4.69, 9.17) is 4.74 Å². The summed E-state index contributed by atoms with van der Waals surface area (Å²) in [7, 11) is 0. The molecule has 0 atom stereocenters. The number of nitrogens with zero attached hydrogens (tertiary/aromatic N) is 3. The Kier molecular flexibility index (Phi) is 4.85. The van der Waals surface area contributed by atoms with E-state index in [1.807, 2.05) is 30.3 Å². The normalized spacial score (nSPS) is 10.2. The number of hydrogen-bond donors (Lipinski definition) is 0. The Morgan fingerprint density at radius 3 is 2.84 bits per heavy atom. The molecule has 0 amide bonds. The van der Waals surface area contributed by atoms with E-state index in [1.54, 1.807) is 13.1 Å². The molecule has 0 bridgehead atoms. The van der Waals surface area contributed by atoms with Crippen LogP contribution in [0.1, 0.15) is 6.92 Å². The van der Waals surface area contributed by atoms with Gasteiger partial charge in [-0.25, -0.2) is 4.98 Å². The number of rotatable bonds is 5. The van der Waals surface area contributed by atoms with E-state index in [1.165, 1.54) is 11.8 Å². The van der Waals surface area contributed by atoms with Gasteiger partial charge in [0.05, 0.1) is 24.3 Å². The van der Waals surface area contributed by atoms with E-state index in [9.17, 15) is 4.79 Å². The number of ether oxygens (including phenoxy) is 1. The molecule has 2 aromatic rings. The summed E-state index contributed by atoms with van der Waals surface area (Å²) < 4.78 is 4.84. The molecule has 98 valence electrons. The maximum Gasteiger partial charge on any atom is 0.316 e. The highest BCUT2D eigenvalue weighted by Crippen LogP contribution is 2.18. The fourth-order valence-corrected chi connectivity index (χ4v) is 2.02. The topological polar surface area (TPSA) is 65.0 Å². The van der Waals surface area contributed by atoms with Gasteiger partial charge >= 0.3 is 5.97 Å². The molecule has 1 aromatic heterocycles. The summed E-state index contributed by atoms with van der Waals surface area (Å²) in [6.45, 7) is 2.15. The van der Waals surface area contributed by atoms with Crippen LogP contribution >= 0.6 is 11.8 Å². The number of carbonyl (C=O) groups excluding carboxylic acids is 1. The van der Waals surface area contributed by atoms with Crippen LogP contribution in [0.5, 0.6) is 0 Å². The molecular weight excluding hydrogens is 262 g/mol. The maximum absolute atomic E-state index is 11.3. The van der Waals surface area contributed by atoms with Crippen LogP contribution in [0.2, 0.25) is 0 Å². The van der Waals surface area contributed by atoms with Crippen LogP contribution in [0.4, 0.5) is 0 Å². The number of aromatic nitrogens is 3. The summed E-state index contributed by atoms with van der Waals surface area (Å²) in [6, 6.07) is 9.70. The Labute approximate surface area is 115 Å². The van der Waals surface area contributed by atoms with E-state index in [0.717, 1.165) is 11.3 Å². The molecule has 0 aliphatic rings. The number of hydrogen-bond acceptors (Lipinski definition) is 6. The first-order chi connectivity index (χ1) is 9.29. The highest BCUT2D eigenvalue weighted by atomic mass is 32.2. The van der Waals surface area contributed by atoms with Crippen LogP contribution in [-0.2, 0) is 9.53 Å². The van der Waals surface area contributed by atoms with Gasteiger partial charge in [0.2, 0.25) is 5.16 Å². The Morgan fingerprint density at radius 1 is 1.32 bits per heavy atom. The molecule has 6 heteroatoms. The van der Waals surface area contributed by atoms with Crippen molar-refractivity contribution < 1.29 is 9.53 Å². The van der Waals surface area contributed by atoms with E-state index in [0.29, 0.717) is 11.8 Å². The van der Waals surface area contributed by atoms with Crippen LogP contribution in [-0.4, -0.2) is 33.5 Å². The third-order valence-electron chi connectivity index (χ3n) is 2.23. The lowest BCUT2D eigenvalue weighted by atomic mass is 10.2. The van der Waals surface area contributed by atoms with E-state index in [-0.39, 0.29) is 11.7 Å². The third kappa shape index (κ3) is 4.03. The summed E-state index contributed by atoms with van der Waals surface area (Å²) in [5.41, 5.74) is 1.71. The van der Waals surface area contributed by atoms with Crippen molar-refractivity contribution in [3.05, 3.63) is 36.5 Å². The largest absolute Gasteiger partial charge is 0.465 e. The molecule has 0 radical (unpaired) electrons. The van der Waals surface area contributed by atoms with Gasteiger partial charge in [0, 0.05) is 5.56 Å². The molecule has 5 nitrogen and oxygen atoms in total. The van der Waals surface area contributed by atoms with Gasteiger partial charge in [-0.15, -0.1) is 5.10 Å². The molecular formula is C13H13N3O2S. The van der Waals surface area contributed by atoms with Crippen molar-refractivity contribution in [1.82, 2.24) is 15.2 Å². The van der Waals surface area contributed by atoms with E-state index >= 15 is 0 Å². The molecule has 19 heavy (non-hydrogen) atoms. The van der Waals surface area contributed by atoms with Gasteiger partial charge in [-0.2, -0.15) is 5.10 Å². The first-order valence-electron chi connectivity index (χ1n) is 5.83. The monoisotopic (exact) mass is 275 g/mol. The Bertz CT molecular complexity index is 549. The Balaban J connectivity index is 2.06.